The van der Waals surface area contributed by atoms with Crippen molar-refractivity contribution >= 4 is 17.6 Å². The molecule has 2 aliphatic carbocycles. The van der Waals surface area contributed by atoms with Gasteiger partial charge in [-0.2, -0.15) is 0 Å². The molecule has 3 rings (SSSR count). The van der Waals surface area contributed by atoms with E-state index in [1.807, 2.05) is 25.1 Å². The molecule has 2 aliphatic rings. The van der Waals surface area contributed by atoms with E-state index >= 15 is 0 Å². The number of hydrogen-bond donors (Lipinski definition) is 1. The van der Waals surface area contributed by atoms with Crippen molar-refractivity contribution in [1.82, 2.24) is 0 Å². The number of hydrogen-bond acceptors (Lipinski definition) is 3. The average molecular weight is 343 g/mol. The van der Waals surface area contributed by atoms with Crippen molar-refractivity contribution in [1.29, 1.82) is 0 Å². The fourth-order valence-corrected chi connectivity index (χ4v) is 4.56. The smallest absolute Gasteiger partial charge is 0.306 e. The summed E-state index contributed by atoms with van der Waals surface area (Å²) < 4.78 is 5.23. The van der Waals surface area contributed by atoms with Gasteiger partial charge in [0, 0.05) is 12.1 Å². The molecule has 0 aliphatic heterocycles. The van der Waals surface area contributed by atoms with Gasteiger partial charge in [-0.15, -0.1) is 0 Å². The SMILES string of the molecule is Cc1cccc(C(C)C)c1NC(=O)COC(=O)C[C@@H]1C[C@@H]2CC[C@@H]1C2. The lowest BCUT2D eigenvalue weighted by Crippen LogP contribution is -2.24. The molecule has 1 aromatic rings. The summed E-state index contributed by atoms with van der Waals surface area (Å²) in [4.78, 5) is 24.3. The zero-order valence-corrected chi connectivity index (χ0v) is 15.5. The molecule has 1 aromatic carbocycles. The van der Waals surface area contributed by atoms with Gasteiger partial charge in [0.15, 0.2) is 6.61 Å². The van der Waals surface area contributed by atoms with E-state index in [9.17, 15) is 9.59 Å². The number of carbonyl (C=O) groups excluding carboxylic acids is 2. The molecule has 4 heteroatoms. The highest BCUT2D eigenvalue weighted by Gasteiger charge is 2.40. The van der Waals surface area contributed by atoms with Gasteiger partial charge in [-0.3, -0.25) is 9.59 Å². The third-order valence-electron chi connectivity index (χ3n) is 5.87. The van der Waals surface area contributed by atoms with Gasteiger partial charge in [-0.1, -0.05) is 38.5 Å². The second-order valence-electron chi connectivity index (χ2n) is 8.04. The second kappa shape index (κ2) is 7.59. The standard InChI is InChI=1S/C21H29NO3/c1-13(2)18-6-4-5-14(3)21(18)22-19(23)12-25-20(24)11-17-10-15-7-8-16(17)9-15/h4-6,13,15-17H,7-12H2,1-3H3,(H,22,23)/t15-,16-,17+/m1/s1. The van der Waals surface area contributed by atoms with Gasteiger partial charge < -0.3 is 10.1 Å². The molecule has 1 N–H and O–H groups in total. The molecule has 0 spiro atoms. The number of anilines is 1. The average Bonchev–Trinajstić information content (AvgIpc) is 3.17. The Bertz CT molecular complexity index is 653. The van der Waals surface area contributed by atoms with Gasteiger partial charge >= 0.3 is 5.97 Å². The molecule has 0 saturated heterocycles. The van der Waals surface area contributed by atoms with Crippen molar-refractivity contribution in [3.63, 3.8) is 0 Å². The van der Waals surface area contributed by atoms with Crippen molar-refractivity contribution < 1.29 is 14.3 Å². The van der Waals surface area contributed by atoms with Crippen LogP contribution in [0, 0.1) is 24.7 Å². The van der Waals surface area contributed by atoms with E-state index in [-0.39, 0.29) is 18.5 Å². The fraction of sp³-hybridized carbons (Fsp3) is 0.619. The number of para-hydroxylation sites is 1. The lowest BCUT2D eigenvalue weighted by molar-refractivity contribution is -0.148. The topological polar surface area (TPSA) is 55.4 Å². The molecule has 2 saturated carbocycles. The number of amides is 1. The largest absolute Gasteiger partial charge is 0.456 e. The third-order valence-corrected chi connectivity index (χ3v) is 5.87. The van der Waals surface area contributed by atoms with Crippen LogP contribution in [0.5, 0.6) is 0 Å². The molecule has 1 amide bonds. The first kappa shape index (κ1) is 18.0. The van der Waals surface area contributed by atoms with E-state index in [4.69, 9.17) is 4.74 Å². The lowest BCUT2D eigenvalue weighted by atomic mass is 9.86. The van der Waals surface area contributed by atoms with Gasteiger partial charge in [0.2, 0.25) is 0 Å². The molecule has 2 fully saturated rings. The summed E-state index contributed by atoms with van der Waals surface area (Å²) >= 11 is 0. The third kappa shape index (κ3) is 4.23. The highest BCUT2D eigenvalue weighted by Crippen LogP contribution is 2.49. The van der Waals surface area contributed by atoms with Crippen molar-refractivity contribution in [2.24, 2.45) is 17.8 Å². The van der Waals surface area contributed by atoms with E-state index in [0.717, 1.165) is 29.2 Å². The van der Waals surface area contributed by atoms with Gasteiger partial charge in [0.25, 0.3) is 5.91 Å². The summed E-state index contributed by atoms with van der Waals surface area (Å²) in [6.45, 7) is 5.97. The molecule has 2 bridgehead atoms. The molecule has 3 atom stereocenters. The summed E-state index contributed by atoms with van der Waals surface area (Å²) in [5, 5.41) is 2.92. The summed E-state index contributed by atoms with van der Waals surface area (Å²) in [5.41, 5.74) is 2.96. The minimum Gasteiger partial charge on any atom is -0.456 e. The summed E-state index contributed by atoms with van der Waals surface area (Å²) in [5.74, 6) is 1.81. The van der Waals surface area contributed by atoms with Gasteiger partial charge in [0.1, 0.15) is 0 Å². The Morgan fingerprint density at radius 3 is 2.68 bits per heavy atom. The van der Waals surface area contributed by atoms with Gasteiger partial charge in [-0.05, 0) is 61.0 Å². The van der Waals surface area contributed by atoms with Gasteiger partial charge in [-0.25, -0.2) is 0 Å². The molecular formula is C21H29NO3. The predicted octanol–water partition coefficient (Wildman–Crippen LogP) is 4.43. The zero-order chi connectivity index (χ0) is 18.0. The summed E-state index contributed by atoms with van der Waals surface area (Å²) in [7, 11) is 0. The van der Waals surface area contributed by atoms with E-state index in [1.165, 1.54) is 19.3 Å². The molecule has 0 aromatic heterocycles. The number of rotatable bonds is 6. The first-order valence-corrected chi connectivity index (χ1v) is 9.49. The minimum atomic E-state index is -0.266. The summed E-state index contributed by atoms with van der Waals surface area (Å²) in [6, 6.07) is 5.99. The van der Waals surface area contributed by atoms with Crippen LogP contribution in [0.2, 0.25) is 0 Å². The van der Waals surface area contributed by atoms with Crippen LogP contribution in [0.4, 0.5) is 5.69 Å². The number of esters is 1. The minimum absolute atomic E-state index is 0.203. The number of carbonyl (C=O) groups is 2. The van der Waals surface area contributed by atoms with Gasteiger partial charge in [0.05, 0.1) is 0 Å². The van der Waals surface area contributed by atoms with Crippen LogP contribution in [0.25, 0.3) is 0 Å². The van der Waals surface area contributed by atoms with Crippen LogP contribution >= 0.6 is 0 Å². The summed E-state index contributed by atoms with van der Waals surface area (Å²) in [6.07, 6.45) is 5.49. The number of aryl methyl sites for hydroxylation is 1. The molecule has 0 unspecified atom stereocenters. The van der Waals surface area contributed by atoms with Crippen molar-refractivity contribution in [2.45, 2.75) is 58.8 Å². The maximum absolute atomic E-state index is 12.2. The molecule has 4 nitrogen and oxygen atoms in total. The van der Waals surface area contributed by atoms with E-state index in [2.05, 4.69) is 19.2 Å². The number of nitrogens with one attached hydrogen (secondary N) is 1. The van der Waals surface area contributed by atoms with Crippen molar-refractivity contribution in [3.8, 4) is 0 Å². The maximum atomic E-state index is 12.2. The second-order valence-corrected chi connectivity index (χ2v) is 8.04. The Balaban J connectivity index is 1.49. The Labute approximate surface area is 150 Å². The predicted molar refractivity (Wildman–Crippen MR) is 98.4 cm³/mol. The first-order chi connectivity index (χ1) is 11.9. The monoisotopic (exact) mass is 343 g/mol. The Hall–Kier alpha value is -1.84. The normalized spacial score (nSPS) is 24.6. The van der Waals surface area contributed by atoms with Crippen LogP contribution in [0.1, 0.15) is 63.0 Å². The van der Waals surface area contributed by atoms with Crippen molar-refractivity contribution in [2.75, 3.05) is 11.9 Å². The molecule has 0 radical (unpaired) electrons. The molecule has 25 heavy (non-hydrogen) atoms. The Morgan fingerprint density at radius 1 is 1.24 bits per heavy atom. The quantitative estimate of drug-likeness (QED) is 0.778. The number of benzene rings is 1. The fourth-order valence-electron chi connectivity index (χ4n) is 4.56. The molecule has 0 heterocycles. The van der Waals surface area contributed by atoms with E-state index < -0.39 is 0 Å². The zero-order valence-electron chi connectivity index (χ0n) is 15.5. The Kier molecular flexibility index (Phi) is 5.45. The first-order valence-electron chi connectivity index (χ1n) is 9.49. The van der Waals surface area contributed by atoms with Crippen LogP contribution in [0.3, 0.4) is 0 Å². The van der Waals surface area contributed by atoms with Crippen LogP contribution in [-0.2, 0) is 14.3 Å². The molecular weight excluding hydrogens is 314 g/mol. The maximum Gasteiger partial charge on any atom is 0.306 e. The van der Waals surface area contributed by atoms with Crippen LogP contribution in [-0.4, -0.2) is 18.5 Å². The van der Waals surface area contributed by atoms with E-state index in [0.29, 0.717) is 24.2 Å². The van der Waals surface area contributed by atoms with Crippen molar-refractivity contribution in [3.05, 3.63) is 29.3 Å². The lowest BCUT2D eigenvalue weighted by Gasteiger charge is -2.20. The number of fused-ring (bicyclic) bond motifs is 2. The van der Waals surface area contributed by atoms with E-state index in [1.54, 1.807) is 0 Å². The molecule has 136 valence electrons. The highest BCUT2D eigenvalue weighted by molar-refractivity contribution is 5.94. The highest BCUT2D eigenvalue weighted by atomic mass is 16.5. The van der Waals surface area contributed by atoms with Crippen LogP contribution in [0.15, 0.2) is 18.2 Å². The Morgan fingerprint density at radius 2 is 2.04 bits per heavy atom. The number of ether oxygens (including phenoxy) is 1. The van der Waals surface area contributed by atoms with Crippen LogP contribution < -0.4 is 5.32 Å².